The van der Waals surface area contributed by atoms with Gasteiger partial charge in [-0.2, -0.15) is 0 Å². The van der Waals surface area contributed by atoms with Gasteiger partial charge in [-0.15, -0.1) is 0 Å². The molecule has 0 aromatic heterocycles. The van der Waals surface area contributed by atoms with Crippen LogP contribution in [0.4, 0.5) is 14.9 Å². The number of halogens is 2. The van der Waals surface area contributed by atoms with Gasteiger partial charge < -0.3 is 10.0 Å². The molecule has 4 rings (SSSR count). The molecule has 1 saturated heterocycles. The number of hydrogen-bond acceptors (Lipinski definition) is 4. The fourth-order valence-electron chi connectivity index (χ4n) is 4.16. The van der Waals surface area contributed by atoms with E-state index >= 15 is 0 Å². The van der Waals surface area contributed by atoms with Crippen molar-refractivity contribution in [2.75, 3.05) is 18.5 Å². The number of nitrogens with zero attached hydrogens (tertiary/aromatic N) is 3. The zero-order chi connectivity index (χ0) is 22.7. The van der Waals surface area contributed by atoms with Crippen LogP contribution in [-0.2, 0) is 26.5 Å². The molecule has 2 aliphatic heterocycles. The van der Waals surface area contributed by atoms with Gasteiger partial charge in [0.25, 0.3) is 11.8 Å². The van der Waals surface area contributed by atoms with Crippen molar-refractivity contribution in [1.82, 2.24) is 9.80 Å². The number of aryl methyl sites for hydroxylation is 1. The van der Waals surface area contributed by atoms with Crippen molar-refractivity contribution in [3.8, 4) is 0 Å². The molecule has 2 heterocycles. The molecule has 0 bridgehead atoms. The zero-order valence-electron chi connectivity index (χ0n) is 16.6. The van der Waals surface area contributed by atoms with E-state index in [1.807, 2.05) is 0 Å². The number of hydrogen-bond donors (Lipinski definition) is 1. The summed E-state index contributed by atoms with van der Waals surface area (Å²) in [6, 6.07) is 7.77. The molecule has 1 unspecified atom stereocenters. The Hall–Kier alpha value is -3.46. The highest BCUT2D eigenvalue weighted by Gasteiger charge is 2.67. The summed E-state index contributed by atoms with van der Waals surface area (Å²) in [5, 5.41) is 9.46. The van der Waals surface area contributed by atoms with E-state index < -0.39 is 41.7 Å². The third-order valence-corrected chi connectivity index (χ3v) is 5.83. The monoisotopic (exact) mass is 445 g/mol. The van der Waals surface area contributed by atoms with Crippen molar-refractivity contribution in [2.45, 2.75) is 19.0 Å². The van der Waals surface area contributed by atoms with Gasteiger partial charge in [0.05, 0.1) is 12.2 Å². The number of imide groups is 1. The van der Waals surface area contributed by atoms with E-state index in [9.17, 15) is 28.7 Å². The van der Waals surface area contributed by atoms with Crippen LogP contribution < -0.4 is 4.90 Å². The van der Waals surface area contributed by atoms with Crippen LogP contribution in [0.2, 0.25) is 5.02 Å². The Bertz CT molecular complexity index is 1170. The second kappa shape index (κ2) is 7.05. The molecule has 1 fully saturated rings. The largest absolute Gasteiger partial charge is 0.480 e. The Morgan fingerprint density at radius 1 is 1.10 bits per heavy atom. The maximum atomic E-state index is 14.3. The first-order chi connectivity index (χ1) is 14.6. The van der Waals surface area contributed by atoms with Gasteiger partial charge in [-0.1, -0.05) is 29.3 Å². The van der Waals surface area contributed by atoms with Gasteiger partial charge in [-0.25, -0.2) is 9.18 Å². The average molecular weight is 446 g/mol. The molecular weight excluding hydrogens is 429 g/mol. The van der Waals surface area contributed by atoms with E-state index in [4.69, 9.17) is 11.6 Å². The summed E-state index contributed by atoms with van der Waals surface area (Å²) < 4.78 is 14.3. The van der Waals surface area contributed by atoms with Crippen LogP contribution in [0.1, 0.15) is 16.7 Å². The van der Waals surface area contributed by atoms with Crippen LogP contribution >= 0.6 is 11.6 Å². The molecule has 31 heavy (non-hydrogen) atoms. The van der Waals surface area contributed by atoms with Crippen molar-refractivity contribution in [3.63, 3.8) is 0 Å². The molecular formula is C21H17ClFN3O5. The summed E-state index contributed by atoms with van der Waals surface area (Å²) in [6.45, 7) is 0.670. The van der Waals surface area contributed by atoms with Crippen LogP contribution in [0, 0.1) is 12.7 Å². The average Bonchev–Trinajstić information content (AvgIpc) is 3.05. The molecule has 160 valence electrons. The van der Waals surface area contributed by atoms with Gasteiger partial charge >= 0.3 is 12.0 Å². The maximum absolute atomic E-state index is 14.3. The Morgan fingerprint density at radius 2 is 1.77 bits per heavy atom. The minimum atomic E-state index is -2.10. The number of rotatable bonds is 4. The summed E-state index contributed by atoms with van der Waals surface area (Å²) in [5.41, 5.74) is -0.966. The van der Waals surface area contributed by atoms with Crippen molar-refractivity contribution < 1.29 is 28.7 Å². The predicted octanol–water partition coefficient (Wildman–Crippen LogP) is 2.51. The van der Waals surface area contributed by atoms with E-state index in [0.29, 0.717) is 0 Å². The number of carbonyl (C=O) groups excluding carboxylic acids is 3. The standard InChI is InChI=1S/C21H17ClFN3O5/c1-11-3-5-15(23)12(7-11)9-26-19(30)21(24(2)20(26)31)14-8-13(22)4-6-16(14)25(18(21)29)10-17(27)28/h3-8H,9-10H2,1-2H3,(H,27,28). The van der Waals surface area contributed by atoms with Crippen LogP contribution in [0.25, 0.3) is 0 Å². The summed E-state index contributed by atoms with van der Waals surface area (Å²) in [6.07, 6.45) is 0. The van der Waals surface area contributed by atoms with E-state index in [1.54, 1.807) is 13.0 Å². The second-order valence-electron chi connectivity index (χ2n) is 7.48. The van der Waals surface area contributed by atoms with Crippen LogP contribution in [-0.4, -0.2) is 52.3 Å². The molecule has 2 aromatic carbocycles. The smallest absolute Gasteiger partial charge is 0.328 e. The zero-order valence-corrected chi connectivity index (χ0v) is 17.3. The van der Waals surface area contributed by atoms with Gasteiger partial charge in [-0.3, -0.25) is 24.2 Å². The van der Waals surface area contributed by atoms with Crippen molar-refractivity contribution in [3.05, 3.63) is 63.9 Å². The minimum Gasteiger partial charge on any atom is -0.480 e. The SMILES string of the molecule is Cc1ccc(F)c(CN2C(=O)N(C)C3(C2=O)C(=O)N(CC(=O)O)c2ccc(Cl)cc23)c1. The third-order valence-electron chi connectivity index (χ3n) is 5.59. The van der Waals surface area contributed by atoms with E-state index in [-0.39, 0.29) is 28.4 Å². The van der Waals surface area contributed by atoms with E-state index in [1.165, 1.54) is 37.4 Å². The lowest BCUT2D eigenvalue weighted by Gasteiger charge is -2.27. The Kier molecular flexibility index (Phi) is 4.73. The molecule has 2 aliphatic rings. The Labute approximate surface area is 181 Å². The number of fused-ring (bicyclic) bond motifs is 2. The second-order valence-corrected chi connectivity index (χ2v) is 7.92. The van der Waals surface area contributed by atoms with E-state index in [0.717, 1.165) is 20.3 Å². The highest BCUT2D eigenvalue weighted by atomic mass is 35.5. The number of likely N-dealkylation sites (N-methyl/N-ethyl adjacent to an activating group) is 1. The van der Waals surface area contributed by atoms with Gasteiger partial charge in [0.1, 0.15) is 12.4 Å². The molecule has 0 saturated carbocycles. The molecule has 0 aliphatic carbocycles. The normalized spacial score (nSPS) is 20.3. The van der Waals surface area contributed by atoms with Crippen molar-refractivity contribution in [1.29, 1.82) is 0 Å². The Morgan fingerprint density at radius 3 is 2.45 bits per heavy atom. The first kappa shape index (κ1) is 20.8. The highest BCUT2D eigenvalue weighted by molar-refractivity contribution is 6.32. The number of amides is 4. The number of carboxylic acids is 1. The number of carbonyl (C=O) groups is 4. The predicted molar refractivity (Wildman–Crippen MR) is 108 cm³/mol. The van der Waals surface area contributed by atoms with Crippen molar-refractivity contribution in [2.24, 2.45) is 0 Å². The molecule has 8 nitrogen and oxygen atoms in total. The summed E-state index contributed by atoms with van der Waals surface area (Å²) in [4.78, 5) is 54.1. The molecule has 10 heteroatoms. The third kappa shape index (κ3) is 2.88. The molecule has 4 amide bonds. The van der Waals surface area contributed by atoms with E-state index in [2.05, 4.69) is 0 Å². The lowest BCUT2D eigenvalue weighted by molar-refractivity contribution is -0.143. The molecule has 1 N–H and O–H groups in total. The first-order valence-corrected chi connectivity index (χ1v) is 9.65. The fourth-order valence-corrected chi connectivity index (χ4v) is 4.33. The molecule has 1 spiro atoms. The number of anilines is 1. The van der Waals surface area contributed by atoms with Crippen LogP contribution in [0.5, 0.6) is 0 Å². The highest BCUT2D eigenvalue weighted by Crippen LogP contribution is 2.49. The van der Waals surface area contributed by atoms with Crippen LogP contribution in [0.3, 0.4) is 0 Å². The topological polar surface area (TPSA) is 98.2 Å². The molecule has 1 atom stereocenters. The lowest BCUT2D eigenvalue weighted by Crippen LogP contribution is -2.53. The number of aliphatic carboxylic acids is 1. The first-order valence-electron chi connectivity index (χ1n) is 9.27. The summed E-state index contributed by atoms with van der Waals surface area (Å²) >= 11 is 6.10. The number of benzene rings is 2. The minimum absolute atomic E-state index is 0.110. The van der Waals surface area contributed by atoms with Crippen LogP contribution in [0.15, 0.2) is 36.4 Å². The lowest BCUT2D eigenvalue weighted by atomic mass is 9.90. The summed E-state index contributed by atoms with van der Waals surface area (Å²) in [7, 11) is 1.28. The van der Waals surface area contributed by atoms with Gasteiger partial charge in [-0.05, 0) is 31.2 Å². The van der Waals surface area contributed by atoms with Gasteiger partial charge in [0.15, 0.2) is 0 Å². The maximum Gasteiger partial charge on any atom is 0.328 e. The fraction of sp³-hybridized carbons (Fsp3) is 0.238. The summed E-state index contributed by atoms with van der Waals surface area (Å²) in [5.74, 6) is -3.64. The number of urea groups is 1. The molecule has 2 aromatic rings. The number of carboxylic acid groups (broad SMARTS) is 1. The quantitative estimate of drug-likeness (QED) is 0.576. The molecule has 0 radical (unpaired) electrons. The van der Waals surface area contributed by atoms with Gasteiger partial charge in [0.2, 0.25) is 5.54 Å². The van der Waals surface area contributed by atoms with Gasteiger partial charge in [0, 0.05) is 23.2 Å². The van der Waals surface area contributed by atoms with Crippen molar-refractivity contribution >= 4 is 41.1 Å². The Balaban J connectivity index is 1.85.